The van der Waals surface area contributed by atoms with Gasteiger partial charge in [0, 0.05) is 23.9 Å². The van der Waals surface area contributed by atoms with Gasteiger partial charge in [0.25, 0.3) is 5.91 Å². The summed E-state index contributed by atoms with van der Waals surface area (Å²) in [6.07, 6.45) is 2.13. The molecule has 150 valence electrons. The number of benzene rings is 2. The molecule has 28 heavy (non-hydrogen) atoms. The number of likely N-dealkylation sites (tertiary alicyclic amines) is 1. The molecule has 1 fully saturated rings. The van der Waals surface area contributed by atoms with Gasteiger partial charge in [-0.15, -0.1) is 0 Å². The molecule has 0 aromatic heterocycles. The molecule has 2 aromatic carbocycles. The molecule has 2 N–H and O–H groups in total. The molecule has 3 atom stereocenters. The Morgan fingerprint density at radius 3 is 2.64 bits per heavy atom. The lowest BCUT2D eigenvalue weighted by Crippen LogP contribution is -3.11. The van der Waals surface area contributed by atoms with Crippen LogP contribution in [-0.4, -0.2) is 33.2 Å². The topological polar surface area (TPSA) is 52.0 Å². The molecule has 1 amide bonds. The maximum absolute atomic E-state index is 12.7. The third-order valence-corrected chi connectivity index (χ3v) is 5.69. The molecule has 2 aromatic rings. The molecule has 0 radical (unpaired) electrons. The van der Waals surface area contributed by atoms with Crippen molar-refractivity contribution in [3.63, 3.8) is 0 Å². The number of amides is 1. The summed E-state index contributed by atoms with van der Waals surface area (Å²) >= 11 is 5.94. The van der Waals surface area contributed by atoms with Gasteiger partial charge < -0.3 is 19.7 Å². The Bertz CT molecular complexity index is 810. The van der Waals surface area contributed by atoms with Gasteiger partial charge in [-0.3, -0.25) is 4.79 Å². The Hall–Kier alpha value is -2.24. The van der Waals surface area contributed by atoms with E-state index in [-0.39, 0.29) is 18.0 Å². The number of ether oxygens (including phenoxy) is 2. The van der Waals surface area contributed by atoms with Gasteiger partial charge in [0.1, 0.15) is 17.5 Å². The summed E-state index contributed by atoms with van der Waals surface area (Å²) in [6.45, 7) is 3.41. The second kappa shape index (κ2) is 9.30. The van der Waals surface area contributed by atoms with Gasteiger partial charge in [0.05, 0.1) is 32.4 Å². The molecular formula is C22H28ClN2O3+. The van der Waals surface area contributed by atoms with Crippen LogP contribution in [0.2, 0.25) is 5.02 Å². The first-order chi connectivity index (χ1) is 13.5. The summed E-state index contributed by atoms with van der Waals surface area (Å²) in [5, 5.41) is 3.80. The number of methoxy groups -OCH3 is 2. The van der Waals surface area contributed by atoms with Crippen molar-refractivity contribution >= 4 is 17.5 Å². The van der Waals surface area contributed by atoms with Crippen LogP contribution in [0.1, 0.15) is 43.0 Å². The summed E-state index contributed by atoms with van der Waals surface area (Å²) in [5.74, 6) is 1.64. The van der Waals surface area contributed by atoms with E-state index in [4.69, 9.17) is 21.1 Å². The highest BCUT2D eigenvalue weighted by molar-refractivity contribution is 6.30. The van der Waals surface area contributed by atoms with Gasteiger partial charge in [-0.05, 0) is 36.8 Å². The predicted molar refractivity (Wildman–Crippen MR) is 110 cm³/mol. The molecule has 0 saturated carbocycles. The van der Waals surface area contributed by atoms with Crippen LogP contribution in [-0.2, 0) is 4.79 Å². The molecule has 1 aliphatic heterocycles. The van der Waals surface area contributed by atoms with Crippen molar-refractivity contribution in [2.45, 2.75) is 31.8 Å². The minimum atomic E-state index is -0.0549. The summed E-state index contributed by atoms with van der Waals surface area (Å²) in [7, 11) is 3.32. The van der Waals surface area contributed by atoms with Gasteiger partial charge in [-0.25, -0.2) is 0 Å². The van der Waals surface area contributed by atoms with E-state index in [1.807, 2.05) is 43.3 Å². The second-order valence-corrected chi connectivity index (χ2v) is 7.66. The average Bonchev–Trinajstić information content (AvgIpc) is 3.15. The third-order valence-electron chi connectivity index (χ3n) is 5.43. The van der Waals surface area contributed by atoms with Crippen molar-refractivity contribution in [2.75, 3.05) is 27.3 Å². The molecule has 0 aliphatic carbocycles. The second-order valence-electron chi connectivity index (χ2n) is 7.23. The maximum atomic E-state index is 12.7. The molecule has 5 nitrogen and oxygen atoms in total. The molecule has 1 aliphatic rings. The molecule has 3 rings (SSSR count). The van der Waals surface area contributed by atoms with E-state index in [0.717, 1.165) is 42.0 Å². The van der Waals surface area contributed by atoms with Crippen molar-refractivity contribution in [1.29, 1.82) is 0 Å². The van der Waals surface area contributed by atoms with Gasteiger partial charge >= 0.3 is 0 Å². The number of quaternary nitrogens is 1. The van der Waals surface area contributed by atoms with Crippen molar-refractivity contribution in [3.8, 4) is 11.5 Å². The fraction of sp³-hybridized carbons (Fsp3) is 0.409. The van der Waals surface area contributed by atoms with Gasteiger partial charge in [-0.1, -0.05) is 23.7 Å². The summed E-state index contributed by atoms with van der Waals surface area (Å²) in [5.41, 5.74) is 2.18. The van der Waals surface area contributed by atoms with Crippen LogP contribution in [0.4, 0.5) is 0 Å². The summed E-state index contributed by atoms with van der Waals surface area (Å²) < 4.78 is 10.9. The SMILES string of the molecule is COc1ccc([C@H]2CCC[NH+]2CC(=O)N[C@@H](C)c2ccc(Cl)cc2)c(OC)c1. The van der Waals surface area contributed by atoms with E-state index < -0.39 is 0 Å². The quantitative estimate of drug-likeness (QED) is 0.747. The van der Waals surface area contributed by atoms with Gasteiger partial charge in [0.2, 0.25) is 0 Å². The summed E-state index contributed by atoms with van der Waals surface area (Å²) in [6, 6.07) is 13.7. The molecular weight excluding hydrogens is 376 g/mol. The Balaban J connectivity index is 1.66. The summed E-state index contributed by atoms with van der Waals surface area (Å²) in [4.78, 5) is 13.9. The van der Waals surface area contributed by atoms with E-state index in [1.54, 1.807) is 14.2 Å². The molecule has 6 heteroatoms. The zero-order valence-electron chi connectivity index (χ0n) is 16.6. The Morgan fingerprint density at radius 2 is 1.96 bits per heavy atom. The molecule has 1 saturated heterocycles. The van der Waals surface area contributed by atoms with Crippen molar-refractivity contribution < 1.29 is 19.2 Å². The lowest BCUT2D eigenvalue weighted by atomic mass is 10.0. The number of nitrogens with one attached hydrogen (secondary N) is 2. The third kappa shape index (κ3) is 4.78. The number of rotatable bonds is 7. The lowest BCUT2D eigenvalue weighted by Gasteiger charge is -2.24. The van der Waals surface area contributed by atoms with Crippen LogP contribution in [0.3, 0.4) is 0 Å². The van der Waals surface area contributed by atoms with Crippen LogP contribution < -0.4 is 19.7 Å². The number of halogens is 1. The Kier molecular flexibility index (Phi) is 6.81. The first kappa shape index (κ1) is 20.5. The van der Waals surface area contributed by atoms with Crippen LogP contribution >= 0.6 is 11.6 Å². The average molecular weight is 404 g/mol. The van der Waals surface area contributed by atoms with Crippen LogP contribution in [0.5, 0.6) is 11.5 Å². The minimum absolute atomic E-state index is 0.0526. The molecule has 1 heterocycles. The van der Waals surface area contributed by atoms with E-state index in [9.17, 15) is 4.79 Å². The van der Waals surface area contributed by atoms with Crippen LogP contribution in [0.25, 0.3) is 0 Å². The number of hydrogen-bond acceptors (Lipinski definition) is 3. The molecule has 0 spiro atoms. The van der Waals surface area contributed by atoms with Crippen molar-refractivity contribution in [2.24, 2.45) is 0 Å². The first-order valence-corrected chi connectivity index (χ1v) is 10.0. The monoisotopic (exact) mass is 403 g/mol. The number of carbonyl (C=O) groups excluding carboxylic acids is 1. The smallest absolute Gasteiger partial charge is 0.275 e. The van der Waals surface area contributed by atoms with E-state index in [2.05, 4.69) is 11.4 Å². The highest BCUT2D eigenvalue weighted by Gasteiger charge is 2.34. The molecule has 0 bridgehead atoms. The largest absolute Gasteiger partial charge is 0.497 e. The van der Waals surface area contributed by atoms with E-state index in [1.165, 1.54) is 4.90 Å². The highest BCUT2D eigenvalue weighted by Crippen LogP contribution is 2.31. The fourth-order valence-corrected chi connectivity index (χ4v) is 4.06. The van der Waals surface area contributed by atoms with Crippen LogP contribution in [0, 0.1) is 0 Å². The minimum Gasteiger partial charge on any atom is -0.497 e. The molecule has 1 unspecified atom stereocenters. The normalized spacial score (nSPS) is 19.9. The maximum Gasteiger partial charge on any atom is 0.275 e. The standard InChI is InChI=1S/C22H27ClN2O3/c1-15(16-6-8-17(23)9-7-16)24-22(26)14-25-12-4-5-20(25)19-11-10-18(27-2)13-21(19)28-3/h6-11,13,15,20H,4-5,12,14H2,1-3H3,(H,24,26)/p+1/t15-,20+/m0/s1. The van der Waals surface area contributed by atoms with Gasteiger partial charge in [-0.2, -0.15) is 0 Å². The fourth-order valence-electron chi connectivity index (χ4n) is 3.94. The van der Waals surface area contributed by atoms with Gasteiger partial charge in [0.15, 0.2) is 6.54 Å². The zero-order valence-corrected chi connectivity index (χ0v) is 17.4. The van der Waals surface area contributed by atoms with Crippen molar-refractivity contribution in [1.82, 2.24) is 5.32 Å². The first-order valence-electron chi connectivity index (χ1n) is 9.63. The Morgan fingerprint density at radius 1 is 1.21 bits per heavy atom. The zero-order chi connectivity index (χ0) is 20.1. The van der Waals surface area contributed by atoms with E-state index >= 15 is 0 Å². The predicted octanol–water partition coefficient (Wildman–Crippen LogP) is 2.95. The highest BCUT2D eigenvalue weighted by atomic mass is 35.5. The number of hydrogen-bond donors (Lipinski definition) is 2. The van der Waals surface area contributed by atoms with E-state index in [0.29, 0.717) is 11.6 Å². The number of carbonyl (C=O) groups is 1. The van der Waals surface area contributed by atoms with Crippen molar-refractivity contribution in [3.05, 3.63) is 58.6 Å². The Labute approximate surface area is 171 Å². The lowest BCUT2D eigenvalue weighted by molar-refractivity contribution is -0.910. The van der Waals surface area contributed by atoms with Crippen LogP contribution in [0.15, 0.2) is 42.5 Å².